The van der Waals surface area contributed by atoms with Crippen LogP contribution in [0.5, 0.6) is 5.75 Å². The van der Waals surface area contributed by atoms with E-state index in [9.17, 15) is 4.79 Å². The summed E-state index contributed by atoms with van der Waals surface area (Å²) in [5, 5.41) is 12.8. The van der Waals surface area contributed by atoms with Crippen LogP contribution in [0.4, 0.5) is 5.13 Å². The molecule has 0 bridgehead atoms. The summed E-state index contributed by atoms with van der Waals surface area (Å²) in [5.74, 6) is 0.232. The van der Waals surface area contributed by atoms with Crippen LogP contribution in [-0.2, 0) is 4.79 Å². The third kappa shape index (κ3) is 4.23. The maximum Gasteiger partial charge on any atom is 0.264 e. The third-order valence-corrected chi connectivity index (χ3v) is 4.41. The summed E-state index contributed by atoms with van der Waals surface area (Å²) < 4.78 is 5.37. The maximum absolute atomic E-state index is 11.9. The Morgan fingerprint density at radius 2 is 1.83 bits per heavy atom. The normalized spacial score (nSPS) is 10.4. The van der Waals surface area contributed by atoms with Gasteiger partial charge in [-0.1, -0.05) is 52.7 Å². The molecule has 0 aliphatic heterocycles. The van der Waals surface area contributed by atoms with Crippen LogP contribution in [-0.4, -0.2) is 22.7 Å². The molecule has 0 saturated heterocycles. The van der Waals surface area contributed by atoms with E-state index in [4.69, 9.17) is 27.9 Å². The molecule has 0 aliphatic rings. The monoisotopic (exact) mass is 379 g/mol. The average Bonchev–Trinajstić information content (AvgIpc) is 3.03. The second-order valence-corrected chi connectivity index (χ2v) is 6.50. The van der Waals surface area contributed by atoms with Crippen molar-refractivity contribution in [1.82, 2.24) is 10.2 Å². The molecule has 0 spiro atoms. The molecule has 0 fully saturated rings. The molecular formula is C16H11Cl2N3O2S. The summed E-state index contributed by atoms with van der Waals surface area (Å²) in [7, 11) is 0. The van der Waals surface area contributed by atoms with Crippen molar-refractivity contribution in [3.05, 3.63) is 58.6 Å². The number of rotatable bonds is 5. The van der Waals surface area contributed by atoms with E-state index in [1.54, 1.807) is 30.3 Å². The Morgan fingerprint density at radius 1 is 1.08 bits per heavy atom. The number of hydrogen-bond donors (Lipinski definition) is 1. The van der Waals surface area contributed by atoms with Crippen molar-refractivity contribution in [3.8, 4) is 16.3 Å². The number of benzene rings is 2. The lowest BCUT2D eigenvalue weighted by molar-refractivity contribution is -0.118. The molecule has 0 unspecified atom stereocenters. The Labute approximate surface area is 152 Å². The molecule has 1 aromatic heterocycles. The van der Waals surface area contributed by atoms with Gasteiger partial charge in [-0.15, -0.1) is 10.2 Å². The first kappa shape index (κ1) is 16.7. The van der Waals surface area contributed by atoms with Crippen molar-refractivity contribution in [2.75, 3.05) is 11.9 Å². The lowest BCUT2D eigenvalue weighted by Gasteiger charge is -2.05. The van der Waals surface area contributed by atoms with E-state index in [0.717, 1.165) is 5.56 Å². The van der Waals surface area contributed by atoms with Gasteiger partial charge in [0.15, 0.2) is 11.6 Å². The van der Waals surface area contributed by atoms with Gasteiger partial charge in [-0.25, -0.2) is 0 Å². The summed E-state index contributed by atoms with van der Waals surface area (Å²) in [6.07, 6.45) is 0. The Kier molecular flexibility index (Phi) is 5.30. The van der Waals surface area contributed by atoms with Crippen molar-refractivity contribution >= 4 is 45.6 Å². The second-order valence-electron chi connectivity index (χ2n) is 4.68. The van der Waals surface area contributed by atoms with E-state index < -0.39 is 0 Å². The first-order valence-corrected chi connectivity index (χ1v) is 8.46. The van der Waals surface area contributed by atoms with Crippen molar-refractivity contribution in [2.24, 2.45) is 0 Å². The number of aromatic nitrogens is 2. The van der Waals surface area contributed by atoms with Gasteiger partial charge in [0.05, 0.1) is 5.02 Å². The molecule has 0 radical (unpaired) electrons. The zero-order chi connectivity index (χ0) is 16.9. The molecule has 0 saturated carbocycles. The number of nitrogens with zero attached hydrogens (tertiary/aromatic N) is 2. The van der Waals surface area contributed by atoms with E-state index in [-0.39, 0.29) is 12.5 Å². The van der Waals surface area contributed by atoms with Crippen LogP contribution in [0.25, 0.3) is 10.6 Å². The fourth-order valence-electron chi connectivity index (χ4n) is 1.85. The predicted molar refractivity (Wildman–Crippen MR) is 95.9 cm³/mol. The van der Waals surface area contributed by atoms with Crippen molar-refractivity contribution in [3.63, 3.8) is 0 Å². The number of halogens is 2. The molecule has 1 heterocycles. The lowest BCUT2D eigenvalue weighted by Crippen LogP contribution is -2.20. The second kappa shape index (κ2) is 7.61. The zero-order valence-electron chi connectivity index (χ0n) is 12.2. The summed E-state index contributed by atoms with van der Waals surface area (Å²) in [4.78, 5) is 11.9. The Bertz CT molecular complexity index is 853. The van der Waals surface area contributed by atoms with Gasteiger partial charge in [-0.2, -0.15) is 0 Å². The largest absolute Gasteiger partial charge is 0.484 e. The molecule has 122 valence electrons. The number of hydrogen-bond acceptors (Lipinski definition) is 5. The van der Waals surface area contributed by atoms with Crippen molar-refractivity contribution in [2.45, 2.75) is 0 Å². The summed E-state index contributed by atoms with van der Waals surface area (Å²) >= 11 is 13.2. The minimum absolute atomic E-state index is 0.136. The van der Waals surface area contributed by atoms with E-state index >= 15 is 0 Å². The molecule has 3 rings (SSSR count). The smallest absolute Gasteiger partial charge is 0.264 e. The van der Waals surface area contributed by atoms with Gasteiger partial charge in [0.1, 0.15) is 5.75 Å². The summed E-state index contributed by atoms with van der Waals surface area (Å²) in [5.41, 5.74) is 0.773. The summed E-state index contributed by atoms with van der Waals surface area (Å²) in [6, 6.07) is 14.1. The highest BCUT2D eigenvalue weighted by atomic mass is 35.5. The number of amides is 1. The maximum atomic E-state index is 11.9. The molecule has 8 heteroatoms. The minimum atomic E-state index is -0.327. The SMILES string of the molecule is O=C(COc1ccc(Cl)cc1)Nc1nnc(-c2ccccc2Cl)s1. The number of nitrogens with one attached hydrogen (secondary N) is 1. The van der Waals surface area contributed by atoms with E-state index in [1.165, 1.54) is 11.3 Å². The highest BCUT2D eigenvalue weighted by molar-refractivity contribution is 7.18. The van der Waals surface area contributed by atoms with E-state index in [2.05, 4.69) is 15.5 Å². The highest BCUT2D eigenvalue weighted by Gasteiger charge is 2.12. The van der Waals surface area contributed by atoms with Gasteiger partial charge in [0.25, 0.3) is 5.91 Å². The van der Waals surface area contributed by atoms with Crippen LogP contribution < -0.4 is 10.1 Å². The molecule has 24 heavy (non-hydrogen) atoms. The fourth-order valence-corrected chi connectivity index (χ4v) is 3.06. The number of carbonyl (C=O) groups is 1. The van der Waals surface area contributed by atoms with Crippen LogP contribution >= 0.6 is 34.5 Å². The number of anilines is 1. The topological polar surface area (TPSA) is 64.1 Å². The molecular weight excluding hydrogens is 369 g/mol. The number of ether oxygens (including phenoxy) is 1. The van der Waals surface area contributed by atoms with Crippen LogP contribution in [0, 0.1) is 0 Å². The zero-order valence-corrected chi connectivity index (χ0v) is 14.5. The Morgan fingerprint density at radius 3 is 2.58 bits per heavy atom. The van der Waals surface area contributed by atoms with E-state index in [1.807, 2.05) is 18.2 Å². The van der Waals surface area contributed by atoms with Gasteiger partial charge in [-0.3, -0.25) is 10.1 Å². The standard InChI is InChI=1S/C16H11Cl2N3O2S/c17-10-5-7-11(8-6-10)23-9-14(22)19-16-21-20-15(24-16)12-3-1-2-4-13(12)18/h1-8H,9H2,(H,19,21,22). The third-order valence-electron chi connectivity index (χ3n) is 2.96. The van der Waals surface area contributed by atoms with Gasteiger partial charge >= 0.3 is 0 Å². The Hall–Kier alpha value is -2.15. The van der Waals surface area contributed by atoms with Crippen molar-refractivity contribution in [1.29, 1.82) is 0 Å². The van der Waals surface area contributed by atoms with Crippen LogP contribution in [0.2, 0.25) is 10.0 Å². The molecule has 5 nitrogen and oxygen atoms in total. The molecule has 0 atom stereocenters. The van der Waals surface area contributed by atoms with Crippen LogP contribution in [0.15, 0.2) is 48.5 Å². The molecule has 0 aliphatic carbocycles. The van der Waals surface area contributed by atoms with Crippen LogP contribution in [0.1, 0.15) is 0 Å². The molecule has 1 amide bonds. The van der Waals surface area contributed by atoms with Gasteiger partial charge < -0.3 is 4.74 Å². The van der Waals surface area contributed by atoms with Crippen molar-refractivity contribution < 1.29 is 9.53 Å². The summed E-state index contributed by atoms with van der Waals surface area (Å²) in [6.45, 7) is -0.136. The van der Waals surface area contributed by atoms with Crippen LogP contribution in [0.3, 0.4) is 0 Å². The van der Waals surface area contributed by atoms with Gasteiger partial charge in [-0.05, 0) is 30.3 Å². The average molecular weight is 380 g/mol. The Balaban J connectivity index is 1.59. The van der Waals surface area contributed by atoms with E-state index in [0.29, 0.717) is 25.9 Å². The first-order chi connectivity index (χ1) is 11.6. The predicted octanol–water partition coefficient (Wildman–Crippen LogP) is 4.53. The molecule has 1 N–H and O–H groups in total. The first-order valence-electron chi connectivity index (χ1n) is 6.88. The fraction of sp³-hybridized carbons (Fsp3) is 0.0625. The molecule has 2 aromatic carbocycles. The quantitative estimate of drug-likeness (QED) is 0.707. The van der Waals surface area contributed by atoms with Gasteiger partial charge in [0, 0.05) is 10.6 Å². The molecule has 3 aromatic rings. The number of carbonyl (C=O) groups excluding carboxylic acids is 1. The minimum Gasteiger partial charge on any atom is -0.484 e. The van der Waals surface area contributed by atoms with Gasteiger partial charge in [0.2, 0.25) is 5.13 Å². The lowest BCUT2D eigenvalue weighted by atomic mass is 10.2. The highest BCUT2D eigenvalue weighted by Crippen LogP contribution is 2.31.